The molecule has 0 aromatic heterocycles. The fourth-order valence-electron chi connectivity index (χ4n) is 3.90. The van der Waals surface area contributed by atoms with Gasteiger partial charge in [-0.05, 0) is 49.6 Å². The van der Waals surface area contributed by atoms with Gasteiger partial charge in [-0.25, -0.2) is 0 Å². The summed E-state index contributed by atoms with van der Waals surface area (Å²) in [5, 5.41) is 3.74. The topological polar surface area (TPSA) is 15.3 Å². The molecule has 1 saturated carbocycles. The van der Waals surface area contributed by atoms with Gasteiger partial charge in [0.25, 0.3) is 0 Å². The van der Waals surface area contributed by atoms with Crippen LogP contribution in [0.3, 0.4) is 0 Å². The van der Waals surface area contributed by atoms with E-state index in [0.29, 0.717) is 5.41 Å². The molecule has 2 heteroatoms. The maximum Gasteiger partial charge on any atom is 0.0159 e. The molecule has 2 fully saturated rings. The van der Waals surface area contributed by atoms with Crippen molar-refractivity contribution in [1.29, 1.82) is 0 Å². The SMILES string of the molecule is CCNC1C(CN2CCC(C)C2)CCC1(C)C. The van der Waals surface area contributed by atoms with Gasteiger partial charge in [0.15, 0.2) is 0 Å². The first-order valence-corrected chi connectivity index (χ1v) is 7.48. The predicted molar refractivity (Wildman–Crippen MR) is 74.2 cm³/mol. The predicted octanol–water partition coefficient (Wildman–Crippen LogP) is 2.74. The van der Waals surface area contributed by atoms with Crippen molar-refractivity contribution in [2.24, 2.45) is 17.3 Å². The second-order valence-corrected chi connectivity index (χ2v) is 6.98. The molecule has 1 saturated heterocycles. The smallest absolute Gasteiger partial charge is 0.0159 e. The van der Waals surface area contributed by atoms with Crippen LogP contribution in [-0.2, 0) is 0 Å². The average molecular weight is 238 g/mol. The van der Waals surface area contributed by atoms with Crippen LogP contribution in [0.1, 0.15) is 47.0 Å². The molecular formula is C15H30N2. The number of likely N-dealkylation sites (tertiary alicyclic amines) is 1. The second kappa shape index (κ2) is 5.27. The fraction of sp³-hybridized carbons (Fsp3) is 1.00. The zero-order valence-corrected chi connectivity index (χ0v) is 12.1. The van der Waals surface area contributed by atoms with Crippen molar-refractivity contribution in [1.82, 2.24) is 10.2 Å². The number of hydrogen-bond donors (Lipinski definition) is 1. The minimum absolute atomic E-state index is 0.492. The van der Waals surface area contributed by atoms with E-state index in [0.717, 1.165) is 24.4 Å². The van der Waals surface area contributed by atoms with Crippen LogP contribution in [0, 0.1) is 17.3 Å². The van der Waals surface area contributed by atoms with Crippen molar-refractivity contribution in [3.63, 3.8) is 0 Å². The average Bonchev–Trinajstić information content (AvgIpc) is 2.77. The highest BCUT2D eigenvalue weighted by Gasteiger charge is 2.42. The lowest BCUT2D eigenvalue weighted by Gasteiger charge is -2.33. The third-order valence-corrected chi connectivity index (χ3v) is 4.90. The standard InChI is InChI=1S/C15H30N2/c1-5-16-14-13(6-8-15(14,3)4)11-17-9-7-12(2)10-17/h12-14,16H,5-11H2,1-4H3. The molecule has 3 atom stereocenters. The summed E-state index contributed by atoms with van der Waals surface area (Å²) in [7, 11) is 0. The van der Waals surface area contributed by atoms with E-state index >= 15 is 0 Å². The highest BCUT2D eigenvalue weighted by atomic mass is 15.2. The van der Waals surface area contributed by atoms with E-state index in [4.69, 9.17) is 0 Å². The fourth-order valence-corrected chi connectivity index (χ4v) is 3.90. The highest BCUT2D eigenvalue weighted by Crippen LogP contribution is 2.41. The Labute approximate surface area is 107 Å². The Bertz CT molecular complexity index is 249. The normalized spacial score (nSPS) is 37.8. The zero-order valence-electron chi connectivity index (χ0n) is 12.1. The van der Waals surface area contributed by atoms with Gasteiger partial charge < -0.3 is 10.2 Å². The van der Waals surface area contributed by atoms with Gasteiger partial charge in [-0.1, -0.05) is 27.7 Å². The van der Waals surface area contributed by atoms with Gasteiger partial charge >= 0.3 is 0 Å². The van der Waals surface area contributed by atoms with Crippen LogP contribution in [0.2, 0.25) is 0 Å². The Balaban J connectivity index is 1.91. The summed E-state index contributed by atoms with van der Waals surface area (Å²) in [4.78, 5) is 2.70. The lowest BCUT2D eigenvalue weighted by Crippen LogP contribution is -2.45. The van der Waals surface area contributed by atoms with Gasteiger partial charge in [0.05, 0.1) is 0 Å². The number of nitrogens with zero attached hydrogens (tertiary/aromatic N) is 1. The third kappa shape index (κ3) is 3.03. The van der Waals surface area contributed by atoms with E-state index in [-0.39, 0.29) is 0 Å². The van der Waals surface area contributed by atoms with Crippen LogP contribution < -0.4 is 5.32 Å². The quantitative estimate of drug-likeness (QED) is 0.810. The first-order chi connectivity index (χ1) is 8.03. The Morgan fingerprint density at radius 2 is 2.06 bits per heavy atom. The van der Waals surface area contributed by atoms with E-state index in [1.54, 1.807) is 0 Å². The minimum Gasteiger partial charge on any atom is -0.313 e. The molecule has 0 radical (unpaired) electrons. The van der Waals surface area contributed by atoms with E-state index in [1.165, 1.54) is 38.9 Å². The summed E-state index contributed by atoms with van der Waals surface area (Å²) in [6.07, 6.45) is 4.20. The summed E-state index contributed by atoms with van der Waals surface area (Å²) in [6.45, 7) is 14.6. The summed E-state index contributed by atoms with van der Waals surface area (Å²) in [5.74, 6) is 1.79. The van der Waals surface area contributed by atoms with Gasteiger partial charge in [-0.15, -0.1) is 0 Å². The maximum absolute atomic E-state index is 3.74. The van der Waals surface area contributed by atoms with E-state index in [9.17, 15) is 0 Å². The first kappa shape index (κ1) is 13.4. The highest BCUT2D eigenvalue weighted by molar-refractivity contribution is 4.97. The molecule has 1 aliphatic heterocycles. The van der Waals surface area contributed by atoms with Gasteiger partial charge in [0.1, 0.15) is 0 Å². The Hall–Kier alpha value is -0.0800. The molecule has 100 valence electrons. The monoisotopic (exact) mass is 238 g/mol. The molecule has 2 rings (SSSR count). The van der Waals surface area contributed by atoms with Crippen molar-refractivity contribution in [2.45, 2.75) is 53.0 Å². The molecule has 1 N–H and O–H groups in total. The molecule has 0 spiro atoms. The van der Waals surface area contributed by atoms with Crippen LogP contribution in [0.15, 0.2) is 0 Å². The molecule has 2 aliphatic rings. The van der Waals surface area contributed by atoms with Gasteiger partial charge in [0.2, 0.25) is 0 Å². The van der Waals surface area contributed by atoms with Crippen LogP contribution in [0.25, 0.3) is 0 Å². The molecule has 0 amide bonds. The van der Waals surface area contributed by atoms with Crippen LogP contribution in [0.5, 0.6) is 0 Å². The number of rotatable bonds is 4. The van der Waals surface area contributed by atoms with Crippen LogP contribution in [0.4, 0.5) is 0 Å². The van der Waals surface area contributed by atoms with E-state index < -0.39 is 0 Å². The molecular weight excluding hydrogens is 208 g/mol. The molecule has 1 heterocycles. The van der Waals surface area contributed by atoms with Crippen molar-refractivity contribution >= 4 is 0 Å². The largest absolute Gasteiger partial charge is 0.313 e. The molecule has 0 bridgehead atoms. The van der Waals surface area contributed by atoms with Crippen molar-refractivity contribution < 1.29 is 0 Å². The second-order valence-electron chi connectivity index (χ2n) is 6.98. The van der Waals surface area contributed by atoms with Gasteiger partial charge in [-0.3, -0.25) is 0 Å². The summed E-state index contributed by atoms with van der Waals surface area (Å²) >= 11 is 0. The molecule has 17 heavy (non-hydrogen) atoms. The van der Waals surface area contributed by atoms with Crippen LogP contribution >= 0.6 is 0 Å². The van der Waals surface area contributed by atoms with Crippen molar-refractivity contribution in [3.05, 3.63) is 0 Å². The third-order valence-electron chi connectivity index (χ3n) is 4.90. The zero-order chi connectivity index (χ0) is 12.5. The van der Waals surface area contributed by atoms with Crippen LogP contribution in [-0.4, -0.2) is 37.1 Å². The van der Waals surface area contributed by atoms with Gasteiger partial charge in [0, 0.05) is 19.1 Å². The summed E-state index contributed by atoms with van der Waals surface area (Å²) < 4.78 is 0. The lowest BCUT2D eigenvalue weighted by molar-refractivity contribution is 0.203. The number of hydrogen-bond acceptors (Lipinski definition) is 2. The van der Waals surface area contributed by atoms with Gasteiger partial charge in [-0.2, -0.15) is 0 Å². The maximum atomic E-state index is 3.74. The minimum atomic E-state index is 0.492. The van der Waals surface area contributed by atoms with E-state index in [1.807, 2.05) is 0 Å². The molecule has 2 nitrogen and oxygen atoms in total. The summed E-state index contributed by atoms with van der Waals surface area (Å²) in [6, 6.07) is 0.725. The Morgan fingerprint density at radius 3 is 2.65 bits per heavy atom. The Morgan fingerprint density at radius 1 is 1.29 bits per heavy atom. The van der Waals surface area contributed by atoms with Crippen molar-refractivity contribution in [3.8, 4) is 0 Å². The molecule has 0 aromatic carbocycles. The Kier molecular flexibility index (Phi) is 4.14. The van der Waals surface area contributed by atoms with Crippen molar-refractivity contribution in [2.75, 3.05) is 26.2 Å². The number of nitrogens with one attached hydrogen (secondary N) is 1. The molecule has 3 unspecified atom stereocenters. The molecule has 1 aliphatic carbocycles. The molecule has 0 aromatic rings. The lowest BCUT2D eigenvalue weighted by atomic mass is 9.84. The first-order valence-electron chi connectivity index (χ1n) is 7.48. The summed E-state index contributed by atoms with van der Waals surface area (Å²) in [5.41, 5.74) is 0.492. The van der Waals surface area contributed by atoms with E-state index in [2.05, 4.69) is 37.9 Å².